The van der Waals surface area contributed by atoms with Crippen molar-refractivity contribution in [2.45, 2.75) is 44.2 Å². The van der Waals surface area contributed by atoms with Crippen LogP contribution in [0, 0.1) is 16.0 Å². The van der Waals surface area contributed by atoms with E-state index in [9.17, 15) is 10.1 Å². The second-order valence-electron chi connectivity index (χ2n) is 7.76. The van der Waals surface area contributed by atoms with Gasteiger partial charge in [-0.05, 0) is 62.3 Å². The minimum atomic E-state index is -0.451. The highest BCUT2D eigenvalue weighted by Gasteiger charge is 2.37. The largest absolute Gasteiger partial charge is 0.368 e. The molecule has 0 amide bonds. The zero-order chi connectivity index (χ0) is 18.4. The third-order valence-corrected chi connectivity index (χ3v) is 5.75. The minimum Gasteiger partial charge on any atom is -0.368 e. The number of rotatable bonds is 6. The topological polar surface area (TPSA) is 96.2 Å². The fourth-order valence-electron chi connectivity index (χ4n) is 4.20. The summed E-state index contributed by atoms with van der Waals surface area (Å²) in [6, 6.07) is 9.25. The molecule has 1 aromatic heterocycles. The zero-order valence-electron chi connectivity index (χ0n) is 15.0. The summed E-state index contributed by atoms with van der Waals surface area (Å²) < 4.78 is 0. The molecular weight excluding hydrogens is 344 g/mol. The Morgan fingerprint density at radius 2 is 1.96 bits per heavy atom. The van der Waals surface area contributed by atoms with E-state index in [0.29, 0.717) is 12.0 Å². The summed E-state index contributed by atoms with van der Waals surface area (Å²) in [6.45, 7) is 1.17. The van der Waals surface area contributed by atoms with E-state index in [-0.39, 0.29) is 17.5 Å². The summed E-state index contributed by atoms with van der Waals surface area (Å²) in [5.74, 6) is 1.50. The predicted octanol–water partition coefficient (Wildman–Crippen LogP) is 3.69. The minimum absolute atomic E-state index is 0.0908. The molecule has 1 aliphatic heterocycles. The van der Waals surface area contributed by atoms with Crippen LogP contribution < -0.4 is 15.5 Å². The number of benzene rings is 1. The summed E-state index contributed by atoms with van der Waals surface area (Å²) in [5.41, 5.74) is 2.04. The molecule has 3 aliphatic rings. The van der Waals surface area contributed by atoms with Gasteiger partial charge in [-0.15, -0.1) is 0 Å². The maximum Gasteiger partial charge on any atom is 0.329 e. The molecule has 2 N–H and O–H groups in total. The number of nitrogens with zero attached hydrogens (tertiary/aromatic N) is 4. The highest BCUT2D eigenvalue weighted by molar-refractivity contribution is 5.63. The first-order valence-electron chi connectivity index (χ1n) is 9.57. The Labute approximate surface area is 157 Å². The molecule has 2 aliphatic carbocycles. The maximum absolute atomic E-state index is 11.2. The van der Waals surface area contributed by atoms with Crippen LogP contribution in [0.1, 0.15) is 32.1 Å². The van der Waals surface area contributed by atoms with Crippen LogP contribution in [0.2, 0.25) is 0 Å². The highest BCUT2D eigenvalue weighted by Crippen LogP contribution is 2.40. The van der Waals surface area contributed by atoms with Crippen LogP contribution in [0.15, 0.2) is 30.5 Å². The summed E-state index contributed by atoms with van der Waals surface area (Å²) in [5, 5.41) is 17.4. The lowest BCUT2D eigenvalue weighted by atomic mass is 10.1. The Hall–Kier alpha value is -2.90. The second-order valence-corrected chi connectivity index (χ2v) is 7.76. The smallest absolute Gasteiger partial charge is 0.329 e. The van der Waals surface area contributed by atoms with Gasteiger partial charge in [-0.25, -0.2) is 4.98 Å². The van der Waals surface area contributed by atoms with Gasteiger partial charge in [-0.1, -0.05) is 0 Å². The Morgan fingerprint density at radius 1 is 1.15 bits per heavy atom. The molecule has 2 saturated carbocycles. The van der Waals surface area contributed by atoms with E-state index in [1.165, 1.54) is 37.7 Å². The van der Waals surface area contributed by atoms with Crippen LogP contribution in [-0.4, -0.2) is 33.5 Å². The summed E-state index contributed by atoms with van der Waals surface area (Å²) in [6.07, 6.45) is 7.30. The van der Waals surface area contributed by atoms with E-state index in [1.807, 2.05) is 12.1 Å². The van der Waals surface area contributed by atoms with Crippen molar-refractivity contribution < 1.29 is 4.92 Å². The third kappa shape index (κ3) is 3.27. The quantitative estimate of drug-likeness (QED) is 0.594. The monoisotopic (exact) mass is 366 g/mol. The van der Waals surface area contributed by atoms with Gasteiger partial charge in [0.05, 0.1) is 4.92 Å². The van der Waals surface area contributed by atoms with Gasteiger partial charge in [0.1, 0.15) is 6.20 Å². The fraction of sp³-hybridized carbons (Fsp3) is 0.474. The molecule has 8 heteroatoms. The van der Waals surface area contributed by atoms with Crippen molar-refractivity contribution in [1.29, 1.82) is 0 Å². The molecule has 5 rings (SSSR count). The summed E-state index contributed by atoms with van der Waals surface area (Å²) >= 11 is 0. The van der Waals surface area contributed by atoms with E-state index in [0.717, 1.165) is 24.4 Å². The number of fused-ring (bicyclic) bond motifs is 2. The van der Waals surface area contributed by atoms with Crippen LogP contribution in [0.5, 0.6) is 0 Å². The van der Waals surface area contributed by atoms with Crippen molar-refractivity contribution in [3.63, 3.8) is 0 Å². The summed E-state index contributed by atoms with van der Waals surface area (Å²) in [7, 11) is 0. The van der Waals surface area contributed by atoms with Gasteiger partial charge in [-0.2, -0.15) is 4.98 Å². The molecule has 2 heterocycles. The molecule has 2 aromatic rings. The molecule has 1 saturated heterocycles. The fourth-order valence-corrected chi connectivity index (χ4v) is 4.20. The van der Waals surface area contributed by atoms with E-state index in [2.05, 4.69) is 37.6 Å². The molecule has 2 unspecified atom stereocenters. The number of nitro groups is 1. The van der Waals surface area contributed by atoms with E-state index < -0.39 is 4.92 Å². The van der Waals surface area contributed by atoms with Gasteiger partial charge in [0.2, 0.25) is 11.8 Å². The molecule has 27 heavy (non-hydrogen) atoms. The number of hydrogen-bond acceptors (Lipinski definition) is 7. The first-order chi connectivity index (χ1) is 13.2. The molecule has 8 nitrogen and oxygen atoms in total. The number of piperidine rings is 1. The van der Waals surface area contributed by atoms with Gasteiger partial charge in [0.15, 0.2) is 0 Å². The lowest BCUT2D eigenvalue weighted by molar-refractivity contribution is -0.384. The van der Waals surface area contributed by atoms with Crippen molar-refractivity contribution in [2.24, 2.45) is 5.92 Å². The van der Waals surface area contributed by atoms with Crippen LogP contribution in [-0.2, 0) is 0 Å². The molecule has 140 valence electrons. The maximum atomic E-state index is 11.2. The molecule has 2 atom stereocenters. The van der Waals surface area contributed by atoms with Crippen molar-refractivity contribution in [3.8, 4) is 0 Å². The lowest BCUT2D eigenvalue weighted by Gasteiger charge is -2.29. The normalized spacial score (nSPS) is 23.5. The van der Waals surface area contributed by atoms with Crippen molar-refractivity contribution >= 4 is 28.8 Å². The van der Waals surface area contributed by atoms with Crippen LogP contribution in [0.4, 0.5) is 28.8 Å². The molecule has 3 fully saturated rings. The average Bonchev–Trinajstić information content (AvgIpc) is 3.22. The molecule has 2 bridgehead atoms. The number of aromatic nitrogens is 2. The molecule has 0 radical (unpaired) electrons. The Bertz CT molecular complexity index is 867. The van der Waals surface area contributed by atoms with Crippen molar-refractivity contribution in [1.82, 2.24) is 9.97 Å². The predicted molar refractivity (Wildman–Crippen MR) is 104 cm³/mol. The molecule has 1 aromatic carbocycles. The summed E-state index contributed by atoms with van der Waals surface area (Å²) in [4.78, 5) is 21.6. The molecule has 0 spiro atoms. The van der Waals surface area contributed by atoms with Gasteiger partial charge in [0, 0.05) is 30.0 Å². The number of nitrogens with one attached hydrogen (secondary N) is 2. The highest BCUT2D eigenvalue weighted by atomic mass is 16.6. The third-order valence-electron chi connectivity index (χ3n) is 5.75. The van der Waals surface area contributed by atoms with Crippen LogP contribution in [0.25, 0.3) is 0 Å². The average molecular weight is 366 g/mol. The Balaban J connectivity index is 1.32. The first kappa shape index (κ1) is 16.3. The van der Waals surface area contributed by atoms with E-state index in [1.54, 1.807) is 0 Å². The van der Waals surface area contributed by atoms with Crippen LogP contribution >= 0.6 is 0 Å². The van der Waals surface area contributed by atoms with Crippen LogP contribution in [0.3, 0.4) is 0 Å². The van der Waals surface area contributed by atoms with E-state index in [4.69, 9.17) is 0 Å². The van der Waals surface area contributed by atoms with Crippen molar-refractivity contribution in [3.05, 3.63) is 40.6 Å². The molecular formula is C19H22N6O2. The Kier molecular flexibility index (Phi) is 3.84. The van der Waals surface area contributed by atoms with Gasteiger partial charge in [-0.3, -0.25) is 10.1 Å². The zero-order valence-corrected chi connectivity index (χ0v) is 15.0. The van der Waals surface area contributed by atoms with Crippen molar-refractivity contribution in [2.75, 3.05) is 22.1 Å². The van der Waals surface area contributed by atoms with Gasteiger partial charge >= 0.3 is 5.69 Å². The standard InChI is InChI=1S/C19H22N6O2/c26-25(27)17-10-20-19(23-18(17)21-13-2-3-13)22-14-4-7-15(8-5-14)24-11-12-1-6-16(24)9-12/h4-5,7-8,10,12-13,16H,1-3,6,9,11H2,(H2,20,21,22,23). The Morgan fingerprint density at radius 3 is 2.59 bits per heavy atom. The number of hydrogen-bond donors (Lipinski definition) is 2. The second kappa shape index (κ2) is 6.37. The lowest BCUT2D eigenvalue weighted by Crippen LogP contribution is -2.31. The van der Waals surface area contributed by atoms with Gasteiger partial charge < -0.3 is 15.5 Å². The SMILES string of the molecule is O=[N+]([O-])c1cnc(Nc2ccc(N3CC4CCC3C4)cc2)nc1NC1CC1. The first-order valence-corrected chi connectivity index (χ1v) is 9.57. The van der Waals surface area contributed by atoms with E-state index >= 15 is 0 Å². The van der Waals surface area contributed by atoms with Gasteiger partial charge in [0.25, 0.3) is 0 Å². The number of anilines is 4.